The van der Waals surface area contributed by atoms with Gasteiger partial charge in [0, 0.05) is 63.2 Å². The molecule has 492 valence electrons. The van der Waals surface area contributed by atoms with E-state index in [0.29, 0.717) is 18.5 Å². The third-order valence-corrected chi connectivity index (χ3v) is 15.6. The average Bonchev–Trinajstić information content (AvgIpc) is 1.75. The number of fused-ring (bicyclic) bond motifs is 1. The van der Waals surface area contributed by atoms with E-state index in [9.17, 15) is 68.1 Å². The second-order valence-electron chi connectivity index (χ2n) is 23.3. The molecule has 29 nitrogen and oxygen atoms in total. The number of aromatic hydroxyl groups is 1. The third kappa shape index (κ3) is 22.5. The van der Waals surface area contributed by atoms with Crippen molar-refractivity contribution >= 4 is 81.7 Å². The summed E-state index contributed by atoms with van der Waals surface area (Å²) in [5, 5.41) is 56.2. The largest absolute Gasteiger partial charge is 0.508 e. The Kier molecular flexibility index (Phi) is 28.0. The number of aliphatic imine (C=N–C) groups is 1. The number of H-pyrrole nitrogens is 1. The van der Waals surface area contributed by atoms with Gasteiger partial charge < -0.3 is 90.3 Å². The highest BCUT2D eigenvalue weighted by Gasteiger charge is 2.45. The summed E-state index contributed by atoms with van der Waals surface area (Å²) in [4.78, 5) is 157. The zero-order chi connectivity index (χ0) is 66.2. The summed E-state index contributed by atoms with van der Waals surface area (Å²) < 4.78 is 0. The van der Waals surface area contributed by atoms with Crippen LogP contribution in [-0.2, 0) is 65.6 Å². The highest BCUT2D eigenvalue weighted by Crippen LogP contribution is 2.28. The minimum absolute atomic E-state index is 0.0382. The summed E-state index contributed by atoms with van der Waals surface area (Å²) in [6.07, 6.45) is 4.92. The predicted molar refractivity (Wildman–Crippen MR) is 331 cm³/mol. The van der Waals surface area contributed by atoms with E-state index in [1.165, 1.54) is 51.4 Å². The molecule has 0 radical (unpaired) electrons. The average molecular weight is 1260 g/mol. The van der Waals surface area contributed by atoms with E-state index >= 15 is 0 Å². The molecule has 2 aromatic carbocycles. The number of phenols is 1. The maximum Gasteiger partial charge on any atom is 0.246 e. The Bertz CT molecular complexity index is 3050. The van der Waals surface area contributed by atoms with E-state index in [1.807, 2.05) is 38.1 Å². The normalized spacial score (nSPS) is 18.0. The number of nitrogens with two attached hydrogens (primary N) is 3. The van der Waals surface area contributed by atoms with Gasteiger partial charge >= 0.3 is 0 Å². The molecule has 10 atom stereocenters. The van der Waals surface area contributed by atoms with Crippen LogP contribution in [0.5, 0.6) is 5.75 Å². The van der Waals surface area contributed by atoms with Crippen molar-refractivity contribution in [1.82, 2.24) is 57.7 Å². The molecule has 1 aromatic heterocycles. The number of aliphatic hydroxyl groups is 2. The van der Waals surface area contributed by atoms with Gasteiger partial charge in [0.1, 0.15) is 54.1 Å². The molecule has 0 bridgehead atoms. The Labute approximate surface area is 522 Å². The van der Waals surface area contributed by atoms with Crippen LogP contribution in [-0.4, -0.2) is 183 Å². The summed E-state index contributed by atoms with van der Waals surface area (Å²) in [5.74, 6) is -9.19. The summed E-state index contributed by atoms with van der Waals surface area (Å²) in [7, 11) is 1.50. The number of aliphatic hydroxyl groups excluding tert-OH is 2. The van der Waals surface area contributed by atoms with Crippen LogP contribution >= 0.6 is 0 Å². The van der Waals surface area contributed by atoms with Gasteiger partial charge in [0.15, 0.2) is 11.7 Å². The van der Waals surface area contributed by atoms with Gasteiger partial charge in [-0.2, -0.15) is 0 Å². The van der Waals surface area contributed by atoms with Crippen molar-refractivity contribution in [3.8, 4) is 5.75 Å². The van der Waals surface area contributed by atoms with E-state index in [1.54, 1.807) is 6.20 Å². The topological polar surface area (TPSA) is 466 Å². The molecular formula is C61H89N15O14. The van der Waals surface area contributed by atoms with Crippen molar-refractivity contribution in [1.29, 1.82) is 0 Å². The number of nitrogens with one attached hydrogen (secondary N) is 10. The number of primary amides is 2. The Morgan fingerprint density at radius 3 is 2.03 bits per heavy atom. The van der Waals surface area contributed by atoms with Gasteiger partial charge in [-0.25, -0.2) is 0 Å². The van der Waals surface area contributed by atoms with Gasteiger partial charge in [0.2, 0.25) is 59.1 Å². The van der Waals surface area contributed by atoms with Gasteiger partial charge in [-0.1, -0.05) is 76.3 Å². The number of para-hydroxylation sites is 1. The standard InChI is InChI=1S/C61H89N15O14/c1-33(2)26-45(56(86)71-43(16-11-23-67-61(64)65-5)55(85)72-44(53(63)83)29-38-31-68-42-15-10-9-14-41(38)42)66-24-21-40(80)32-69-54(84)46(27-36-12-7-6-8-13-36)73-58(88)51(34(3)77)75-57(87)47(30-50(62)82)74-59(89)52-49(81)22-25-76(52)60(90)48(70-35(4)78)28-37-17-19-39(79)20-18-37/h9-10,14-15,17-21,24,31,33-34,36,43-49,51-52,66,68,77,79,81H,6-8,11-13,16,22-23,25-30,32H2,1-5H3,(H2,62,82)(H2,63,83)(H,69,84)(H,70,78)(H,71,86)(H,72,85)(H,73,88)(H,74,89)(H,75,87)(H3,64,65,67)/t34-,43+,44+,45+,46-,47+,48-,49?,51+,52+/m1/s1. The van der Waals surface area contributed by atoms with Crippen LogP contribution in [0.25, 0.3) is 10.9 Å². The second-order valence-corrected chi connectivity index (χ2v) is 23.3. The van der Waals surface area contributed by atoms with Crippen molar-refractivity contribution < 1.29 is 68.1 Å². The number of guanidine groups is 1. The summed E-state index contributed by atoms with van der Waals surface area (Å²) in [6.45, 7) is 5.66. The van der Waals surface area contributed by atoms with Crippen molar-refractivity contribution in [2.75, 3.05) is 26.7 Å². The van der Waals surface area contributed by atoms with E-state index in [-0.39, 0.29) is 68.6 Å². The number of nitrogens with zero attached hydrogens (tertiary/aromatic N) is 2. The first-order valence-electron chi connectivity index (χ1n) is 30.3. The monoisotopic (exact) mass is 1260 g/mol. The van der Waals surface area contributed by atoms with Crippen LogP contribution in [0.15, 0.2) is 72.0 Å². The van der Waals surface area contributed by atoms with E-state index in [4.69, 9.17) is 17.2 Å². The number of ketones is 1. The highest BCUT2D eigenvalue weighted by atomic mass is 16.3. The number of amides is 10. The fourth-order valence-corrected chi connectivity index (χ4v) is 10.9. The molecule has 1 unspecified atom stereocenters. The van der Waals surface area contributed by atoms with Crippen LogP contribution in [0.2, 0.25) is 0 Å². The van der Waals surface area contributed by atoms with Gasteiger partial charge in [0.25, 0.3) is 0 Å². The zero-order valence-corrected chi connectivity index (χ0v) is 51.6. The van der Waals surface area contributed by atoms with Gasteiger partial charge in [-0.15, -0.1) is 0 Å². The number of aromatic nitrogens is 1. The fraction of sp³-hybridized carbons (Fsp3) is 0.541. The molecule has 2 aliphatic rings. The molecule has 5 rings (SSSR count). The third-order valence-electron chi connectivity index (χ3n) is 15.6. The molecule has 3 aromatic rings. The first-order valence-corrected chi connectivity index (χ1v) is 30.3. The Hall–Kier alpha value is -9.12. The van der Waals surface area contributed by atoms with E-state index in [0.717, 1.165) is 59.5 Å². The highest BCUT2D eigenvalue weighted by molar-refractivity contribution is 6.00. The van der Waals surface area contributed by atoms with Crippen molar-refractivity contribution in [3.63, 3.8) is 0 Å². The van der Waals surface area contributed by atoms with Crippen LogP contribution in [0, 0.1) is 11.8 Å². The molecule has 10 amide bonds. The molecule has 1 aliphatic heterocycles. The molecule has 1 aliphatic carbocycles. The quantitative estimate of drug-likeness (QED) is 0.0130. The fourth-order valence-electron chi connectivity index (χ4n) is 10.9. The SMILES string of the molecule is CN=C(N)NCCC[C@H](NC(=O)[C@H](CC(C)C)NC=CC(=O)CNC(=O)[C@@H](CC1CCCCC1)NC(=O)[C@@H](NC(=O)[C@H](CC(N)=O)NC(=O)[C@@H]1C(O)CCN1C(=O)[C@@H](Cc1ccc(O)cc1)NC(C)=O)[C@@H](C)O)C(=O)N[C@@H](Cc1c[nH]c2ccccc12)C(N)=O. The Balaban J connectivity index is 1.24. The minimum Gasteiger partial charge on any atom is -0.508 e. The Morgan fingerprint density at radius 1 is 0.733 bits per heavy atom. The molecule has 1 saturated heterocycles. The maximum atomic E-state index is 14.1. The number of rotatable bonds is 34. The lowest BCUT2D eigenvalue weighted by molar-refractivity contribution is -0.144. The van der Waals surface area contributed by atoms with Crippen LogP contribution in [0.4, 0.5) is 0 Å². The molecule has 2 heterocycles. The molecule has 0 spiro atoms. The molecular weight excluding hydrogens is 1170 g/mol. The van der Waals surface area contributed by atoms with E-state index in [2.05, 4.69) is 57.8 Å². The summed E-state index contributed by atoms with van der Waals surface area (Å²) in [5.41, 5.74) is 19.2. The molecule has 2 fully saturated rings. The van der Waals surface area contributed by atoms with Crippen molar-refractivity contribution in [2.45, 2.75) is 172 Å². The van der Waals surface area contributed by atoms with Gasteiger partial charge in [-0.3, -0.25) is 57.7 Å². The molecule has 29 heteroatoms. The number of carbonyl (C=O) groups excluding carboxylic acids is 11. The lowest BCUT2D eigenvalue weighted by Crippen LogP contribution is -2.62. The lowest BCUT2D eigenvalue weighted by Gasteiger charge is -2.31. The molecule has 1 saturated carbocycles. The molecule has 90 heavy (non-hydrogen) atoms. The Morgan fingerprint density at radius 2 is 1.39 bits per heavy atom. The van der Waals surface area contributed by atoms with Crippen LogP contribution < -0.4 is 65.1 Å². The van der Waals surface area contributed by atoms with Gasteiger partial charge in [0.05, 0.1) is 25.2 Å². The first-order chi connectivity index (χ1) is 42.7. The minimum atomic E-state index is -1.82. The number of benzene rings is 2. The number of hydrogen-bond donors (Lipinski definition) is 16. The predicted octanol–water partition coefficient (Wildman–Crippen LogP) is -2.22. The second kappa shape index (κ2) is 35.2. The lowest BCUT2D eigenvalue weighted by atomic mass is 9.84. The number of likely N-dealkylation sites (tertiary alicyclic amines) is 1. The maximum absolute atomic E-state index is 14.1. The van der Waals surface area contributed by atoms with Crippen molar-refractivity contribution in [2.24, 2.45) is 34.0 Å². The smallest absolute Gasteiger partial charge is 0.246 e. The van der Waals surface area contributed by atoms with Gasteiger partial charge in [-0.05, 0) is 86.3 Å². The summed E-state index contributed by atoms with van der Waals surface area (Å²) >= 11 is 0. The van der Waals surface area contributed by atoms with E-state index < -0.39 is 138 Å². The molecule has 19 N–H and O–H groups in total. The van der Waals surface area contributed by atoms with Crippen LogP contribution in [0.1, 0.15) is 109 Å². The number of hydrogen-bond acceptors (Lipinski definition) is 16. The van der Waals surface area contributed by atoms with Crippen molar-refractivity contribution in [3.05, 3.63) is 78.1 Å². The summed E-state index contributed by atoms with van der Waals surface area (Å²) in [6, 6.07) is 2.19. The first kappa shape index (κ1) is 71.6. The number of carbonyl (C=O) groups is 11. The zero-order valence-electron chi connectivity index (χ0n) is 51.6. The number of aromatic amines is 1. The number of phenolic OH excluding ortho intramolecular Hbond substituents is 1. The van der Waals surface area contributed by atoms with Crippen LogP contribution in [0.3, 0.4) is 0 Å².